The van der Waals surface area contributed by atoms with Gasteiger partial charge in [-0.25, -0.2) is 0 Å². The van der Waals surface area contributed by atoms with Crippen LogP contribution in [-0.4, -0.2) is 24.5 Å². The number of nitrogens with zero attached hydrogens (tertiary/aromatic N) is 1. The molecule has 0 unspecified atom stereocenters. The van der Waals surface area contributed by atoms with E-state index in [1.54, 1.807) is 13.3 Å². The van der Waals surface area contributed by atoms with Gasteiger partial charge in [0.2, 0.25) is 0 Å². The first-order valence-electron chi connectivity index (χ1n) is 8.52. The molecule has 1 saturated carbocycles. The largest absolute Gasteiger partial charge is 0.507 e. The van der Waals surface area contributed by atoms with E-state index in [2.05, 4.69) is 31.0 Å². The molecule has 0 heterocycles. The van der Waals surface area contributed by atoms with Gasteiger partial charge in [0, 0.05) is 28.8 Å². The predicted molar refractivity (Wildman–Crippen MR) is 98.5 cm³/mol. The average molecular weight is 323 g/mol. The van der Waals surface area contributed by atoms with E-state index in [9.17, 15) is 5.11 Å². The van der Waals surface area contributed by atoms with Crippen molar-refractivity contribution >= 4 is 6.21 Å². The number of hydrogen-bond acceptors (Lipinski definition) is 3. The molecule has 1 fully saturated rings. The molecule has 0 aromatic heterocycles. The van der Waals surface area contributed by atoms with Crippen LogP contribution in [0.2, 0.25) is 0 Å². The summed E-state index contributed by atoms with van der Waals surface area (Å²) in [6.45, 7) is 4.23. The number of phenols is 1. The molecule has 1 N–H and O–H groups in total. The second-order valence-corrected chi connectivity index (χ2v) is 6.97. The van der Waals surface area contributed by atoms with Crippen molar-refractivity contribution < 1.29 is 9.84 Å². The summed E-state index contributed by atoms with van der Waals surface area (Å²) in [7, 11) is 1.65. The van der Waals surface area contributed by atoms with E-state index in [-0.39, 0.29) is 11.2 Å². The van der Waals surface area contributed by atoms with Gasteiger partial charge in [-0.1, -0.05) is 44.2 Å². The second kappa shape index (κ2) is 6.68. The Balaban J connectivity index is 2.04. The Morgan fingerprint density at radius 2 is 1.88 bits per heavy atom. The maximum atomic E-state index is 10.9. The van der Waals surface area contributed by atoms with Crippen molar-refractivity contribution in [1.82, 2.24) is 0 Å². The molecule has 0 aliphatic heterocycles. The van der Waals surface area contributed by atoms with Gasteiger partial charge in [0.15, 0.2) is 0 Å². The summed E-state index contributed by atoms with van der Waals surface area (Å²) in [5.41, 5.74) is 2.39. The van der Waals surface area contributed by atoms with Gasteiger partial charge in [0.1, 0.15) is 11.5 Å². The Morgan fingerprint density at radius 1 is 1.17 bits per heavy atom. The van der Waals surface area contributed by atoms with Gasteiger partial charge in [-0.15, -0.1) is 0 Å². The summed E-state index contributed by atoms with van der Waals surface area (Å²) in [4.78, 5) is 4.59. The SMILES string of the molecule is COc1cc(C=NC2CCC2)c(O)c(C(C)(C)c2ccccc2)c1. The van der Waals surface area contributed by atoms with E-state index in [1.165, 1.54) is 6.42 Å². The lowest BCUT2D eigenvalue weighted by molar-refractivity contribution is 0.406. The van der Waals surface area contributed by atoms with Gasteiger partial charge >= 0.3 is 0 Å². The minimum Gasteiger partial charge on any atom is -0.507 e. The summed E-state index contributed by atoms with van der Waals surface area (Å²) >= 11 is 0. The lowest BCUT2D eigenvalue weighted by atomic mass is 9.77. The minimum absolute atomic E-state index is 0.285. The van der Waals surface area contributed by atoms with E-state index in [0.717, 1.165) is 35.3 Å². The number of phenolic OH excluding ortho intramolecular Hbond substituents is 1. The fraction of sp³-hybridized carbons (Fsp3) is 0.381. The van der Waals surface area contributed by atoms with Crippen LogP contribution < -0.4 is 4.74 Å². The summed E-state index contributed by atoms with van der Waals surface area (Å²) < 4.78 is 5.46. The number of methoxy groups -OCH3 is 1. The highest BCUT2D eigenvalue weighted by Crippen LogP contribution is 2.40. The van der Waals surface area contributed by atoms with Gasteiger partial charge in [-0.05, 0) is 37.0 Å². The Morgan fingerprint density at radius 3 is 2.46 bits per heavy atom. The summed E-state index contributed by atoms with van der Waals surface area (Å²) in [6.07, 6.45) is 5.33. The molecule has 1 aliphatic carbocycles. The molecule has 0 bridgehead atoms. The molecule has 3 nitrogen and oxygen atoms in total. The fourth-order valence-corrected chi connectivity index (χ4v) is 3.05. The van der Waals surface area contributed by atoms with Gasteiger partial charge in [-0.3, -0.25) is 4.99 Å². The highest BCUT2D eigenvalue weighted by molar-refractivity contribution is 5.85. The number of ether oxygens (including phenoxy) is 1. The molecule has 3 rings (SSSR count). The quantitative estimate of drug-likeness (QED) is 0.811. The third-order valence-electron chi connectivity index (χ3n) is 5.02. The van der Waals surface area contributed by atoms with Crippen LogP contribution in [0.25, 0.3) is 0 Å². The number of aromatic hydroxyl groups is 1. The molecule has 2 aromatic carbocycles. The van der Waals surface area contributed by atoms with Gasteiger partial charge < -0.3 is 9.84 Å². The van der Waals surface area contributed by atoms with Gasteiger partial charge in [0.25, 0.3) is 0 Å². The minimum atomic E-state index is -0.334. The molecule has 0 radical (unpaired) electrons. The molecule has 24 heavy (non-hydrogen) atoms. The number of hydrogen-bond donors (Lipinski definition) is 1. The van der Waals surface area contributed by atoms with E-state index in [0.29, 0.717) is 6.04 Å². The van der Waals surface area contributed by atoms with Gasteiger partial charge in [-0.2, -0.15) is 0 Å². The summed E-state index contributed by atoms with van der Waals surface area (Å²) in [5, 5.41) is 10.9. The van der Waals surface area contributed by atoms with Crippen LogP contribution in [0.1, 0.15) is 49.8 Å². The lowest BCUT2D eigenvalue weighted by Crippen LogP contribution is -2.20. The Hall–Kier alpha value is -2.29. The first-order valence-corrected chi connectivity index (χ1v) is 8.52. The molecule has 1 aliphatic rings. The third kappa shape index (κ3) is 3.16. The van der Waals surface area contributed by atoms with Crippen molar-refractivity contribution in [3.63, 3.8) is 0 Å². The Labute approximate surface area is 144 Å². The maximum Gasteiger partial charge on any atom is 0.128 e. The molecule has 126 valence electrons. The highest BCUT2D eigenvalue weighted by Gasteiger charge is 2.28. The zero-order valence-corrected chi connectivity index (χ0v) is 14.6. The lowest BCUT2D eigenvalue weighted by Gasteiger charge is -2.28. The Bertz CT molecular complexity index is 731. The predicted octanol–water partition coefficient (Wildman–Crippen LogP) is 4.70. The van der Waals surface area contributed by atoms with Crippen molar-refractivity contribution in [2.24, 2.45) is 4.99 Å². The fourth-order valence-electron chi connectivity index (χ4n) is 3.05. The van der Waals surface area contributed by atoms with E-state index in [1.807, 2.05) is 30.3 Å². The van der Waals surface area contributed by atoms with E-state index >= 15 is 0 Å². The highest BCUT2D eigenvalue weighted by atomic mass is 16.5. The van der Waals surface area contributed by atoms with Crippen LogP contribution in [-0.2, 0) is 5.41 Å². The summed E-state index contributed by atoms with van der Waals surface area (Å²) in [5.74, 6) is 1.02. The van der Waals surface area contributed by atoms with Crippen LogP contribution in [0.5, 0.6) is 11.5 Å². The average Bonchev–Trinajstić information content (AvgIpc) is 2.55. The molecule has 0 saturated heterocycles. The number of rotatable bonds is 5. The molecule has 2 aromatic rings. The van der Waals surface area contributed by atoms with Crippen LogP contribution in [0.4, 0.5) is 0 Å². The summed E-state index contributed by atoms with van der Waals surface area (Å²) in [6, 6.07) is 14.4. The van der Waals surface area contributed by atoms with Crippen LogP contribution in [0, 0.1) is 0 Å². The van der Waals surface area contributed by atoms with Crippen molar-refractivity contribution in [1.29, 1.82) is 0 Å². The molecule has 0 atom stereocenters. The van der Waals surface area contributed by atoms with Crippen LogP contribution in [0.15, 0.2) is 47.5 Å². The zero-order valence-electron chi connectivity index (χ0n) is 14.6. The number of benzene rings is 2. The van der Waals surface area contributed by atoms with Crippen molar-refractivity contribution in [3.05, 3.63) is 59.2 Å². The molecular formula is C21H25NO2. The third-order valence-corrected chi connectivity index (χ3v) is 5.02. The zero-order chi connectivity index (χ0) is 17.2. The standard InChI is InChI=1S/C21H25NO2/c1-21(2,16-8-5-4-6-9-16)19-13-18(24-3)12-15(20(19)23)14-22-17-10-7-11-17/h4-6,8-9,12-14,17,23H,7,10-11H2,1-3H3. The second-order valence-electron chi connectivity index (χ2n) is 6.97. The first-order chi connectivity index (χ1) is 11.5. The topological polar surface area (TPSA) is 41.8 Å². The van der Waals surface area contributed by atoms with Gasteiger partial charge in [0.05, 0.1) is 7.11 Å². The van der Waals surface area contributed by atoms with Crippen LogP contribution in [0.3, 0.4) is 0 Å². The molecule has 3 heteroatoms. The van der Waals surface area contributed by atoms with Crippen molar-refractivity contribution in [2.75, 3.05) is 7.11 Å². The van der Waals surface area contributed by atoms with E-state index < -0.39 is 0 Å². The molecular weight excluding hydrogens is 298 g/mol. The van der Waals surface area contributed by atoms with Crippen LogP contribution >= 0.6 is 0 Å². The van der Waals surface area contributed by atoms with Crippen molar-refractivity contribution in [2.45, 2.75) is 44.6 Å². The van der Waals surface area contributed by atoms with Crippen molar-refractivity contribution in [3.8, 4) is 11.5 Å². The Kier molecular flexibility index (Phi) is 4.61. The molecule has 0 amide bonds. The normalized spacial score (nSPS) is 15.5. The smallest absolute Gasteiger partial charge is 0.128 e. The number of aliphatic imine (C=N–C) groups is 1. The monoisotopic (exact) mass is 323 g/mol. The maximum absolute atomic E-state index is 10.9. The molecule has 0 spiro atoms. The van der Waals surface area contributed by atoms with E-state index in [4.69, 9.17) is 4.74 Å². The first kappa shape index (κ1) is 16.6.